The van der Waals surface area contributed by atoms with E-state index in [-0.39, 0.29) is 5.60 Å². The summed E-state index contributed by atoms with van der Waals surface area (Å²) in [7, 11) is 0. The van der Waals surface area contributed by atoms with E-state index >= 15 is 0 Å². The van der Waals surface area contributed by atoms with Crippen LogP contribution in [0.2, 0.25) is 0 Å². The van der Waals surface area contributed by atoms with Crippen LogP contribution < -0.4 is 0 Å². The van der Waals surface area contributed by atoms with Crippen LogP contribution in [0.1, 0.15) is 23.4 Å². The zero-order valence-electron chi connectivity index (χ0n) is 20.7. The van der Waals surface area contributed by atoms with Crippen molar-refractivity contribution < 1.29 is 55.6 Å². The number of carbonyl (C=O) groups is 2. The molecular weight excluding hydrogens is 540 g/mol. The second-order valence-electron chi connectivity index (χ2n) is 8.79. The van der Waals surface area contributed by atoms with Crippen molar-refractivity contribution in [3.05, 3.63) is 59.7 Å². The van der Waals surface area contributed by atoms with Crippen molar-refractivity contribution in [2.24, 2.45) is 5.92 Å². The van der Waals surface area contributed by atoms with Crippen LogP contribution in [0.3, 0.4) is 0 Å². The number of alkyl halides is 6. The van der Waals surface area contributed by atoms with Gasteiger partial charge in [-0.05, 0) is 43.2 Å². The number of aryl methyl sites for hydroxylation is 1. The van der Waals surface area contributed by atoms with Crippen LogP contribution in [0.15, 0.2) is 42.7 Å². The summed E-state index contributed by atoms with van der Waals surface area (Å²) in [5.74, 6) is -5.03. The van der Waals surface area contributed by atoms with Crippen molar-refractivity contribution in [2.75, 3.05) is 26.3 Å². The molecule has 216 valence electrons. The highest BCUT2D eigenvalue weighted by molar-refractivity contribution is 5.73. The Morgan fingerprint density at radius 2 is 1.62 bits per heavy atom. The molecule has 0 bridgehead atoms. The summed E-state index contributed by atoms with van der Waals surface area (Å²) < 4.78 is 75.6. The number of pyridine rings is 2. The Hall–Kier alpha value is -3.30. The van der Waals surface area contributed by atoms with Gasteiger partial charge in [0, 0.05) is 50.2 Å². The number of aromatic nitrogens is 2. The highest BCUT2D eigenvalue weighted by Crippen LogP contribution is 2.40. The molecule has 9 nitrogen and oxygen atoms in total. The third-order valence-electron chi connectivity index (χ3n) is 5.74. The molecule has 1 unspecified atom stereocenters. The number of nitrogens with zero attached hydrogens (tertiary/aromatic N) is 3. The van der Waals surface area contributed by atoms with Crippen molar-refractivity contribution >= 4 is 11.9 Å². The topological polar surface area (TPSA) is 122 Å². The largest absolute Gasteiger partial charge is 0.490 e. The molecule has 0 amide bonds. The van der Waals surface area contributed by atoms with Gasteiger partial charge in [-0.15, -0.1) is 0 Å². The predicted molar refractivity (Wildman–Crippen MR) is 122 cm³/mol. The van der Waals surface area contributed by atoms with Crippen molar-refractivity contribution in [1.82, 2.24) is 14.9 Å². The summed E-state index contributed by atoms with van der Waals surface area (Å²) in [6, 6.07) is 10.2. The molecule has 39 heavy (non-hydrogen) atoms. The third-order valence-corrected chi connectivity index (χ3v) is 5.74. The normalized spacial score (nSPS) is 18.3. The van der Waals surface area contributed by atoms with Crippen LogP contribution in [-0.2, 0) is 32.2 Å². The number of rotatable bonds is 6. The Morgan fingerprint density at radius 3 is 2.13 bits per heavy atom. The number of ether oxygens (including phenoxy) is 2. The molecule has 4 rings (SSSR count). The summed E-state index contributed by atoms with van der Waals surface area (Å²) in [4.78, 5) is 28.8. The molecule has 2 aromatic heterocycles. The van der Waals surface area contributed by atoms with E-state index in [1.54, 1.807) is 0 Å². The molecule has 15 heteroatoms. The van der Waals surface area contributed by atoms with Gasteiger partial charge in [0.15, 0.2) is 0 Å². The van der Waals surface area contributed by atoms with Crippen LogP contribution >= 0.6 is 0 Å². The molecule has 2 saturated heterocycles. The first-order chi connectivity index (χ1) is 18.1. The number of likely N-dealkylation sites (tertiary alicyclic amines) is 1. The minimum Gasteiger partial charge on any atom is -0.475 e. The molecule has 2 fully saturated rings. The molecule has 4 heterocycles. The lowest BCUT2D eigenvalue weighted by Crippen LogP contribution is -2.64. The molecule has 2 N–H and O–H groups in total. The van der Waals surface area contributed by atoms with Crippen LogP contribution in [0.5, 0.6) is 0 Å². The first-order valence-corrected chi connectivity index (χ1v) is 11.5. The van der Waals surface area contributed by atoms with E-state index in [0.717, 1.165) is 50.7 Å². The Kier molecular flexibility index (Phi) is 11.2. The second-order valence-corrected chi connectivity index (χ2v) is 8.79. The maximum Gasteiger partial charge on any atom is 0.490 e. The van der Waals surface area contributed by atoms with E-state index < -0.39 is 24.3 Å². The maximum absolute atomic E-state index is 10.6. The van der Waals surface area contributed by atoms with Crippen molar-refractivity contribution in [2.45, 2.75) is 44.4 Å². The smallest absolute Gasteiger partial charge is 0.475 e. The van der Waals surface area contributed by atoms with Gasteiger partial charge in [0.2, 0.25) is 0 Å². The molecule has 0 radical (unpaired) electrons. The van der Waals surface area contributed by atoms with Gasteiger partial charge < -0.3 is 19.7 Å². The number of carboxylic acid groups (broad SMARTS) is 2. The summed E-state index contributed by atoms with van der Waals surface area (Å²) in [6.45, 7) is 7.15. The summed E-state index contributed by atoms with van der Waals surface area (Å²) in [6.07, 6.45) is -5.46. The van der Waals surface area contributed by atoms with Crippen LogP contribution in [0, 0.1) is 12.8 Å². The summed E-state index contributed by atoms with van der Waals surface area (Å²) in [5.41, 5.74) is 3.37. The van der Waals surface area contributed by atoms with Crippen molar-refractivity contribution in [3.63, 3.8) is 0 Å². The Morgan fingerprint density at radius 1 is 1.05 bits per heavy atom. The lowest BCUT2D eigenvalue weighted by molar-refractivity contribution is -0.193. The zero-order valence-corrected chi connectivity index (χ0v) is 20.7. The van der Waals surface area contributed by atoms with Gasteiger partial charge in [0.25, 0.3) is 0 Å². The lowest BCUT2D eigenvalue weighted by atomic mass is 9.81. The quantitative estimate of drug-likeness (QED) is 0.501. The fraction of sp³-hybridized carbons (Fsp3) is 0.500. The predicted octanol–water partition coefficient (Wildman–Crippen LogP) is 3.86. The second kappa shape index (κ2) is 13.7. The molecule has 0 saturated carbocycles. The molecule has 2 aromatic rings. The minimum absolute atomic E-state index is 0.0118. The average Bonchev–Trinajstić information content (AvgIpc) is 3.23. The van der Waals surface area contributed by atoms with E-state index in [2.05, 4.69) is 27.0 Å². The molecule has 0 aromatic carbocycles. The molecule has 1 spiro atoms. The van der Waals surface area contributed by atoms with Gasteiger partial charge in [-0.2, -0.15) is 26.3 Å². The number of halogens is 6. The van der Waals surface area contributed by atoms with Gasteiger partial charge in [-0.3, -0.25) is 14.9 Å². The van der Waals surface area contributed by atoms with Crippen LogP contribution in [0.4, 0.5) is 26.3 Å². The fourth-order valence-electron chi connectivity index (χ4n) is 3.91. The minimum atomic E-state index is -5.08. The monoisotopic (exact) mass is 567 g/mol. The van der Waals surface area contributed by atoms with E-state index in [0.29, 0.717) is 12.5 Å². The van der Waals surface area contributed by atoms with Gasteiger partial charge in [-0.25, -0.2) is 9.59 Å². The van der Waals surface area contributed by atoms with Crippen molar-refractivity contribution in [1.29, 1.82) is 0 Å². The van der Waals surface area contributed by atoms with Gasteiger partial charge in [0.1, 0.15) is 0 Å². The number of hydrogen-bond donors (Lipinski definition) is 2. The molecule has 1 atom stereocenters. The van der Waals surface area contributed by atoms with E-state index in [1.165, 1.54) is 5.56 Å². The summed E-state index contributed by atoms with van der Waals surface area (Å²) >= 11 is 0. The molecular formula is C24H27F6N3O6. The third kappa shape index (κ3) is 10.4. The van der Waals surface area contributed by atoms with Crippen LogP contribution in [-0.4, -0.2) is 81.3 Å². The van der Waals surface area contributed by atoms with Crippen molar-refractivity contribution in [3.8, 4) is 0 Å². The Bertz CT molecular complexity index is 1050. The van der Waals surface area contributed by atoms with E-state index in [1.807, 2.05) is 37.5 Å². The SMILES string of the molecule is Cc1cccc(CN2CC3(C2)OCCC3COCc2ccncc2)n1.O=C(O)C(F)(F)F.O=C(O)C(F)(F)F. The fourth-order valence-corrected chi connectivity index (χ4v) is 3.91. The standard InChI is InChI=1S/C20H25N3O2.2C2HF3O2/c1-16-3-2-4-19(22-16)11-23-14-20(15-23)18(7-10-25-20)13-24-12-17-5-8-21-9-6-17;2*3-2(4,5)1(6)7/h2-6,8-9,18H,7,10-15H2,1H3;2*(H,6,7). The number of hydrogen-bond acceptors (Lipinski definition) is 7. The summed E-state index contributed by atoms with van der Waals surface area (Å²) in [5, 5.41) is 14.2. The molecule has 0 aliphatic carbocycles. The molecule has 2 aliphatic heterocycles. The Labute approximate surface area is 219 Å². The average molecular weight is 567 g/mol. The maximum atomic E-state index is 10.6. The van der Waals surface area contributed by atoms with Gasteiger partial charge in [0.05, 0.1) is 24.5 Å². The number of aliphatic carboxylic acids is 2. The first kappa shape index (κ1) is 31.9. The Balaban J connectivity index is 0.000000317. The lowest BCUT2D eigenvalue weighted by Gasteiger charge is -2.50. The van der Waals surface area contributed by atoms with Gasteiger partial charge >= 0.3 is 24.3 Å². The van der Waals surface area contributed by atoms with Gasteiger partial charge in [-0.1, -0.05) is 6.07 Å². The zero-order chi connectivity index (χ0) is 29.3. The highest BCUT2D eigenvalue weighted by atomic mass is 19.4. The van der Waals surface area contributed by atoms with Crippen LogP contribution in [0.25, 0.3) is 0 Å². The first-order valence-electron chi connectivity index (χ1n) is 11.5. The molecule has 2 aliphatic rings. The van der Waals surface area contributed by atoms with E-state index in [9.17, 15) is 26.3 Å². The number of carboxylic acids is 2. The highest BCUT2D eigenvalue weighted by Gasteiger charge is 2.52. The van der Waals surface area contributed by atoms with E-state index in [4.69, 9.17) is 29.3 Å².